The molecule has 1 aliphatic rings. The molecule has 0 fully saturated rings. The zero-order valence-corrected chi connectivity index (χ0v) is 14.7. The largest absolute Gasteiger partial charge is 0.351 e. The van der Waals surface area contributed by atoms with Crippen LogP contribution < -0.4 is 16.4 Å². The number of nitrogens with zero attached hydrogens (tertiary/aromatic N) is 2. The standard InChI is InChI=1S/C15H19N5O3S/c1-7(2)10(12(22)20-14(18)23)24-13-9(6-17)15(3,4)8(5-16)11(21)19-13/h7-8,10H,1-4H3,(H,19,21)(H3,18,20,22,23)/t8-,10-/m0/s1. The number of primary amides is 1. The predicted octanol–water partition coefficient (Wildman–Crippen LogP) is 0.970. The summed E-state index contributed by atoms with van der Waals surface area (Å²) in [5, 5.41) is 22.7. The van der Waals surface area contributed by atoms with Gasteiger partial charge in [-0.1, -0.05) is 39.5 Å². The van der Waals surface area contributed by atoms with Crippen LogP contribution in [0.4, 0.5) is 4.79 Å². The summed E-state index contributed by atoms with van der Waals surface area (Å²) in [5.74, 6) is -2.34. The number of allylic oxidation sites excluding steroid dienone is 1. The molecule has 1 rings (SSSR count). The molecule has 8 nitrogen and oxygen atoms in total. The summed E-state index contributed by atoms with van der Waals surface area (Å²) < 4.78 is 0. The molecule has 128 valence electrons. The van der Waals surface area contributed by atoms with Crippen LogP contribution in [0.2, 0.25) is 0 Å². The van der Waals surface area contributed by atoms with Crippen LogP contribution in [-0.2, 0) is 9.59 Å². The molecule has 0 bridgehead atoms. The number of thioether (sulfide) groups is 1. The maximum absolute atomic E-state index is 12.1. The number of hydrogen-bond donors (Lipinski definition) is 3. The number of hydrogen-bond acceptors (Lipinski definition) is 6. The summed E-state index contributed by atoms with van der Waals surface area (Å²) in [6.07, 6.45) is 0. The third-order valence-corrected chi connectivity index (χ3v) is 5.24. The molecular formula is C15H19N5O3S. The van der Waals surface area contributed by atoms with Crippen molar-refractivity contribution >= 4 is 29.6 Å². The Balaban J connectivity index is 3.27. The van der Waals surface area contributed by atoms with Gasteiger partial charge in [-0.05, 0) is 5.92 Å². The van der Waals surface area contributed by atoms with Crippen molar-refractivity contribution in [3.8, 4) is 12.1 Å². The Bertz CT molecular complexity index is 684. The number of rotatable bonds is 4. The van der Waals surface area contributed by atoms with Crippen molar-refractivity contribution in [3.63, 3.8) is 0 Å². The van der Waals surface area contributed by atoms with Crippen LogP contribution >= 0.6 is 11.8 Å². The van der Waals surface area contributed by atoms with Gasteiger partial charge in [0.1, 0.15) is 5.92 Å². The molecule has 0 spiro atoms. The van der Waals surface area contributed by atoms with Crippen molar-refractivity contribution in [2.45, 2.75) is 32.9 Å². The molecule has 1 aliphatic heterocycles. The molecule has 0 aromatic rings. The molecule has 0 unspecified atom stereocenters. The molecular weight excluding hydrogens is 330 g/mol. The van der Waals surface area contributed by atoms with E-state index < -0.39 is 34.4 Å². The van der Waals surface area contributed by atoms with Crippen LogP contribution in [-0.4, -0.2) is 23.1 Å². The zero-order chi connectivity index (χ0) is 18.7. The summed E-state index contributed by atoms with van der Waals surface area (Å²) in [6, 6.07) is 2.96. The Morgan fingerprint density at radius 2 is 1.96 bits per heavy atom. The van der Waals surface area contributed by atoms with Crippen LogP contribution in [0.25, 0.3) is 0 Å². The average molecular weight is 349 g/mol. The Hall–Kier alpha value is -2.52. The third-order valence-electron chi connectivity index (χ3n) is 3.69. The van der Waals surface area contributed by atoms with E-state index in [-0.39, 0.29) is 16.5 Å². The van der Waals surface area contributed by atoms with E-state index in [0.29, 0.717) is 0 Å². The number of amides is 4. The van der Waals surface area contributed by atoms with E-state index in [0.717, 1.165) is 11.8 Å². The second-order valence-corrected chi connectivity index (χ2v) is 7.38. The molecule has 1 heterocycles. The number of nitrogens with two attached hydrogens (primary N) is 1. The van der Waals surface area contributed by atoms with Crippen LogP contribution in [0.1, 0.15) is 27.7 Å². The topological polar surface area (TPSA) is 149 Å². The van der Waals surface area contributed by atoms with Crippen molar-refractivity contribution in [2.75, 3.05) is 0 Å². The molecule has 2 atom stereocenters. The fourth-order valence-corrected chi connectivity index (χ4v) is 3.60. The van der Waals surface area contributed by atoms with Gasteiger partial charge in [0, 0.05) is 5.41 Å². The van der Waals surface area contributed by atoms with Gasteiger partial charge in [-0.15, -0.1) is 0 Å². The van der Waals surface area contributed by atoms with Gasteiger partial charge in [-0.25, -0.2) is 4.79 Å². The number of carbonyl (C=O) groups is 3. The summed E-state index contributed by atoms with van der Waals surface area (Å²) in [7, 11) is 0. The van der Waals surface area contributed by atoms with Gasteiger partial charge in [0.25, 0.3) is 0 Å². The molecule has 4 amide bonds. The summed E-state index contributed by atoms with van der Waals surface area (Å²) in [5.41, 5.74) is 4.20. The van der Waals surface area contributed by atoms with Gasteiger partial charge in [0.2, 0.25) is 11.8 Å². The molecule has 0 saturated carbocycles. The summed E-state index contributed by atoms with van der Waals surface area (Å²) in [4.78, 5) is 35.2. The van der Waals surface area contributed by atoms with Crippen molar-refractivity contribution in [1.29, 1.82) is 10.5 Å². The Morgan fingerprint density at radius 1 is 1.38 bits per heavy atom. The average Bonchev–Trinajstić information content (AvgIpc) is 2.42. The number of nitriles is 2. The fourth-order valence-electron chi connectivity index (χ4n) is 2.33. The van der Waals surface area contributed by atoms with Crippen LogP contribution in [0.5, 0.6) is 0 Å². The highest BCUT2D eigenvalue weighted by atomic mass is 32.2. The number of urea groups is 1. The first-order valence-corrected chi connectivity index (χ1v) is 8.06. The minimum Gasteiger partial charge on any atom is -0.351 e. The van der Waals surface area contributed by atoms with Crippen LogP contribution in [0.15, 0.2) is 10.6 Å². The smallest absolute Gasteiger partial charge is 0.318 e. The van der Waals surface area contributed by atoms with E-state index in [4.69, 9.17) is 5.73 Å². The van der Waals surface area contributed by atoms with E-state index >= 15 is 0 Å². The highest BCUT2D eigenvalue weighted by molar-refractivity contribution is 8.04. The molecule has 24 heavy (non-hydrogen) atoms. The van der Waals surface area contributed by atoms with Gasteiger partial charge in [0.15, 0.2) is 0 Å². The van der Waals surface area contributed by atoms with Crippen molar-refractivity contribution in [1.82, 2.24) is 10.6 Å². The molecule has 0 saturated heterocycles. The van der Waals surface area contributed by atoms with Gasteiger partial charge in [0.05, 0.1) is 28.0 Å². The molecule has 0 radical (unpaired) electrons. The van der Waals surface area contributed by atoms with E-state index in [1.54, 1.807) is 27.7 Å². The van der Waals surface area contributed by atoms with Gasteiger partial charge in [-0.2, -0.15) is 10.5 Å². The normalized spacial score (nSPS) is 20.6. The quantitative estimate of drug-likeness (QED) is 0.688. The van der Waals surface area contributed by atoms with E-state index in [9.17, 15) is 24.9 Å². The van der Waals surface area contributed by atoms with Crippen molar-refractivity contribution in [3.05, 3.63) is 10.6 Å². The lowest BCUT2D eigenvalue weighted by Gasteiger charge is -2.35. The number of nitrogens with one attached hydrogen (secondary N) is 2. The Kier molecular flexibility index (Phi) is 5.99. The van der Waals surface area contributed by atoms with Gasteiger partial charge >= 0.3 is 6.03 Å². The summed E-state index contributed by atoms with van der Waals surface area (Å²) >= 11 is 0.971. The van der Waals surface area contributed by atoms with Crippen LogP contribution in [0.3, 0.4) is 0 Å². The second-order valence-electron chi connectivity index (χ2n) is 6.22. The van der Waals surface area contributed by atoms with Crippen molar-refractivity contribution in [2.24, 2.45) is 23.0 Å². The highest BCUT2D eigenvalue weighted by Gasteiger charge is 2.45. The Morgan fingerprint density at radius 3 is 2.38 bits per heavy atom. The Labute approximate surface area is 144 Å². The van der Waals surface area contributed by atoms with Gasteiger partial charge in [-0.3, -0.25) is 14.9 Å². The molecule has 0 aromatic heterocycles. The SMILES string of the molecule is CC(C)[C@H](SC1=C(C#N)C(C)(C)[C@@H](C#N)C(=O)N1)C(=O)NC(N)=O. The minimum atomic E-state index is -1.01. The lowest BCUT2D eigenvalue weighted by atomic mass is 9.72. The first kappa shape index (κ1) is 19.5. The first-order chi connectivity index (χ1) is 11.1. The summed E-state index contributed by atoms with van der Waals surface area (Å²) in [6.45, 7) is 6.79. The lowest BCUT2D eigenvalue weighted by Crippen LogP contribution is -2.46. The first-order valence-electron chi connectivity index (χ1n) is 7.18. The molecule has 0 aromatic carbocycles. The highest BCUT2D eigenvalue weighted by Crippen LogP contribution is 2.43. The molecule has 9 heteroatoms. The van der Waals surface area contributed by atoms with E-state index in [1.165, 1.54) is 0 Å². The molecule has 4 N–H and O–H groups in total. The predicted molar refractivity (Wildman–Crippen MR) is 87.6 cm³/mol. The number of carbonyl (C=O) groups excluding carboxylic acids is 3. The van der Waals surface area contributed by atoms with Gasteiger partial charge < -0.3 is 11.1 Å². The number of imide groups is 1. The fraction of sp³-hybridized carbons (Fsp3) is 0.533. The molecule has 0 aliphatic carbocycles. The second kappa shape index (κ2) is 7.37. The van der Waals surface area contributed by atoms with Crippen LogP contribution in [0, 0.1) is 39.9 Å². The maximum Gasteiger partial charge on any atom is 0.318 e. The maximum atomic E-state index is 12.1. The third kappa shape index (κ3) is 3.87. The van der Waals surface area contributed by atoms with E-state index in [1.807, 2.05) is 17.5 Å². The van der Waals surface area contributed by atoms with E-state index in [2.05, 4.69) is 5.32 Å². The zero-order valence-electron chi connectivity index (χ0n) is 13.8. The lowest BCUT2D eigenvalue weighted by molar-refractivity contribution is -0.125. The minimum absolute atomic E-state index is 0.199. The van der Waals surface area contributed by atoms with Crippen molar-refractivity contribution < 1.29 is 14.4 Å². The monoisotopic (exact) mass is 349 g/mol.